The van der Waals surface area contributed by atoms with Crippen LogP contribution in [-0.2, 0) is 14.3 Å². The number of halogens is 2. The zero-order valence-corrected chi connectivity index (χ0v) is 15.6. The molecule has 0 bridgehead atoms. The van der Waals surface area contributed by atoms with Gasteiger partial charge >= 0.3 is 11.9 Å². The van der Waals surface area contributed by atoms with E-state index in [1.54, 1.807) is 26.0 Å². The van der Waals surface area contributed by atoms with Crippen molar-refractivity contribution in [2.75, 3.05) is 6.61 Å². The number of carbonyl (C=O) groups excluding carboxylic acids is 1. The van der Waals surface area contributed by atoms with Crippen molar-refractivity contribution < 1.29 is 19.4 Å². The summed E-state index contributed by atoms with van der Waals surface area (Å²) in [6.45, 7) is 3.20. The molecule has 0 aromatic heterocycles. The molecule has 2 rings (SSSR count). The molecule has 2 N–H and O–H groups in total. The molecule has 1 unspecified atom stereocenters. The normalized spacial score (nSPS) is 16.8. The van der Waals surface area contributed by atoms with Gasteiger partial charge in [0, 0.05) is 11.4 Å². The van der Waals surface area contributed by atoms with Crippen LogP contribution in [0.4, 0.5) is 0 Å². The van der Waals surface area contributed by atoms with E-state index in [0.717, 1.165) is 0 Å². The number of aliphatic carboxylic acids is 1. The molecule has 1 aliphatic rings. The largest absolute Gasteiger partial charge is 0.478 e. The summed E-state index contributed by atoms with van der Waals surface area (Å²) in [5.74, 6) is -2.73. The molecule has 0 saturated carbocycles. The molecule has 6 nitrogen and oxygen atoms in total. The number of carboxylic acid groups (broad SMARTS) is 1. The minimum absolute atomic E-state index is 0.0150. The average Bonchev–Trinajstić information content (AvgIpc) is 2.56. The molecule has 0 radical (unpaired) electrons. The second-order valence-corrected chi connectivity index (χ2v) is 6.47. The maximum atomic E-state index is 12.6. The quantitative estimate of drug-likeness (QED) is 0.582. The van der Waals surface area contributed by atoms with Gasteiger partial charge in [0.05, 0.1) is 39.6 Å². The SMILES string of the molecule is CC1=C(C(=O)O)C(c2ccc(Cl)c(Cl)c2)C(C(=O)OCCC#N)=C(C)N1. The molecule has 0 fully saturated rings. The van der Waals surface area contributed by atoms with Gasteiger partial charge in [0.15, 0.2) is 0 Å². The highest BCUT2D eigenvalue weighted by molar-refractivity contribution is 6.42. The average molecular weight is 395 g/mol. The van der Waals surface area contributed by atoms with E-state index in [1.165, 1.54) is 6.07 Å². The number of nitrogens with zero attached hydrogens (tertiary/aromatic N) is 1. The van der Waals surface area contributed by atoms with Crippen molar-refractivity contribution >= 4 is 35.1 Å². The van der Waals surface area contributed by atoms with E-state index in [1.807, 2.05) is 6.07 Å². The van der Waals surface area contributed by atoms with Crippen LogP contribution >= 0.6 is 23.2 Å². The Bertz CT molecular complexity index is 868. The lowest BCUT2D eigenvalue weighted by molar-refractivity contribution is -0.139. The molecule has 136 valence electrons. The Kier molecular flexibility index (Phi) is 6.30. The fraction of sp³-hybridized carbons (Fsp3) is 0.278. The van der Waals surface area contributed by atoms with Crippen LogP contribution in [0.2, 0.25) is 10.0 Å². The summed E-state index contributed by atoms with van der Waals surface area (Å²) in [6.07, 6.45) is 0.0452. The molecular formula is C18H16Cl2N2O4. The monoisotopic (exact) mass is 394 g/mol. The first-order valence-electron chi connectivity index (χ1n) is 7.68. The molecule has 0 amide bonds. The Labute approximate surface area is 160 Å². The fourth-order valence-electron chi connectivity index (χ4n) is 2.84. The number of nitrogens with one attached hydrogen (secondary N) is 1. The van der Waals surface area contributed by atoms with Gasteiger partial charge in [-0.05, 0) is 31.5 Å². The summed E-state index contributed by atoms with van der Waals surface area (Å²) >= 11 is 12.0. The van der Waals surface area contributed by atoms with Crippen molar-refractivity contribution in [2.45, 2.75) is 26.2 Å². The Balaban J connectivity index is 2.57. The van der Waals surface area contributed by atoms with Crippen molar-refractivity contribution in [1.29, 1.82) is 5.26 Å². The van der Waals surface area contributed by atoms with Crippen LogP contribution in [0.15, 0.2) is 40.7 Å². The minimum atomic E-state index is -1.17. The lowest BCUT2D eigenvalue weighted by Crippen LogP contribution is -2.31. The van der Waals surface area contributed by atoms with Crippen LogP contribution in [0.5, 0.6) is 0 Å². The lowest BCUT2D eigenvalue weighted by atomic mass is 9.80. The van der Waals surface area contributed by atoms with E-state index in [2.05, 4.69) is 5.32 Å². The predicted molar refractivity (Wildman–Crippen MR) is 96.6 cm³/mol. The summed E-state index contributed by atoms with van der Waals surface area (Å²) in [5.41, 5.74) is 1.57. The number of ether oxygens (including phenoxy) is 1. The molecule has 1 aromatic carbocycles. The van der Waals surface area contributed by atoms with Crippen molar-refractivity contribution in [3.05, 3.63) is 56.3 Å². The minimum Gasteiger partial charge on any atom is -0.478 e. The number of rotatable bonds is 5. The van der Waals surface area contributed by atoms with Crippen molar-refractivity contribution in [1.82, 2.24) is 5.32 Å². The van der Waals surface area contributed by atoms with Gasteiger partial charge in [-0.15, -0.1) is 0 Å². The number of benzene rings is 1. The summed E-state index contributed by atoms with van der Waals surface area (Å²) in [4.78, 5) is 24.5. The maximum Gasteiger partial charge on any atom is 0.336 e. The number of nitriles is 1. The zero-order chi connectivity index (χ0) is 19.4. The molecule has 0 saturated heterocycles. The van der Waals surface area contributed by atoms with E-state index < -0.39 is 17.9 Å². The molecule has 0 aliphatic carbocycles. The van der Waals surface area contributed by atoms with Crippen LogP contribution in [0.1, 0.15) is 31.7 Å². The van der Waals surface area contributed by atoms with Crippen LogP contribution in [0.25, 0.3) is 0 Å². The highest BCUT2D eigenvalue weighted by Gasteiger charge is 2.37. The zero-order valence-electron chi connectivity index (χ0n) is 14.1. The van der Waals surface area contributed by atoms with Gasteiger partial charge in [0.25, 0.3) is 0 Å². The van der Waals surface area contributed by atoms with Crippen LogP contribution in [0, 0.1) is 11.3 Å². The number of carbonyl (C=O) groups is 2. The molecule has 1 aliphatic heterocycles. The Hall–Kier alpha value is -2.49. The highest BCUT2D eigenvalue weighted by Crippen LogP contribution is 2.40. The third-order valence-corrected chi connectivity index (χ3v) is 4.67. The summed E-state index contributed by atoms with van der Waals surface area (Å²) < 4.78 is 5.13. The smallest absolute Gasteiger partial charge is 0.336 e. The number of hydrogen-bond donors (Lipinski definition) is 2. The van der Waals surface area contributed by atoms with Crippen molar-refractivity contribution in [3.8, 4) is 6.07 Å². The van der Waals surface area contributed by atoms with E-state index in [-0.39, 0.29) is 29.2 Å². The van der Waals surface area contributed by atoms with E-state index in [4.69, 9.17) is 33.2 Å². The first-order valence-corrected chi connectivity index (χ1v) is 8.44. The second kappa shape index (κ2) is 8.26. The van der Waals surface area contributed by atoms with Crippen LogP contribution in [-0.4, -0.2) is 23.7 Å². The van der Waals surface area contributed by atoms with Gasteiger partial charge in [0.2, 0.25) is 0 Å². The summed E-state index contributed by atoms with van der Waals surface area (Å²) in [5, 5.41) is 21.8. The number of esters is 1. The summed E-state index contributed by atoms with van der Waals surface area (Å²) in [7, 11) is 0. The third kappa shape index (κ3) is 4.01. The second-order valence-electron chi connectivity index (χ2n) is 5.66. The first kappa shape index (κ1) is 19.8. The molecule has 26 heavy (non-hydrogen) atoms. The third-order valence-electron chi connectivity index (χ3n) is 3.93. The molecular weight excluding hydrogens is 379 g/mol. The van der Waals surface area contributed by atoms with Crippen molar-refractivity contribution in [3.63, 3.8) is 0 Å². The van der Waals surface area contributed by atoms with Crippen molar-refractivity contribution in [2.24, 2.45) is 0 Å². The Morgan fingerprint density at radius 1 is 1.23 bits per heavy atom. The highest BCUT2D eigenvalue weighted by atomic mass is 35.5. The topological polar surface area (TPSA) is 99.4 Å². The van der Waals surface area contributed by atoms with Gasteiger partial charge in [0.1, 0.15) is 6.61 Å². The van der Waals surface area contributed by atoms with E-state index in [9.17, 15) is 14.7 Å². The fourth-order valence-corrected chi connectivity index (χ4v) is 3.15. The van der Waals surface area contributed by atoms with Gasteiger partial charge in [-0.3, -0.25) is 0 Å². The van der Waals surface area contributed by atoms with Gasteiger partial charge in [-0.25, -0.2) is 9.59 Å². The number of carboxylic acids is 1. The molecule has 1 atom stereocenters. The Morgan fingerprint density at radius 2 is 1.88 bits per heavy atom. The van der Waals surface area contributed by atoms with E-state index >= 15 is 0 Å². The van der Waals surface area contributed by atoms with E-state index in [0.29, 0.717) is 22.0 Å². The first-order chi connectivity index (χ1) is 12.3. The van der Waals surface area contributed by atoms with Gasteiger partial charge < -0.3 is 15.2 Å². The lowest BCUT2D eigenvalue weighted by Gasteiger charge is -2.29. The van der Waals surface area contributed by atoms with Crippen LogP contribution in [0.3, 0.4) is 0 Å². The Morgan fingerprint density at radius 3 is 2.46 bits per heavy atom. The number of hydrogen-bond acceptors (Lipinski definition) is 5. The summed E-state index contributed by atoms with van der Waals surface area (Å²) in [6, 6.07) is 6.58. The molecule has 1 aromatic rings. The number of dihydropyridines is 1. The standard InChI is InChI=1S/C18H16Cl2N2O4/c1-9-14(17(23)24)16(11-4-5-12(19)13(20)8-11)15(10(2)22-9)18(25)26-7-3-6-21/h4-5,8,16,22H,3,7H2,1-2H3,(H,23,24). The predicted octanol–water partition coefficient (Wildman–Crippen LogP) is 3.77. The maximum absolute atomic E-state index is 12.6. The molecule has 1 heterocycles. The number of allylic oxidation sites excluding steroid dienone is 2. The van der Waals surface area contributed by atoms with Gasteiger partial charge in [-0.2, -0.15) is 5.26 Å². The molecule has 8 heteroatoms. The van der Waals surface area contributed by atoms with Crippen LogP contribution < -0.4 is 5.32 Å². The molecule has 0 spiro atoms. The van der Waals surface area contributed by atoms with Gasteiger partial charge in [-0.1, -0.05) is 29.3 Å².